The molecule has 7 nitrogen and oxygen atoms in total. The Morgan fingerprint density at radius 2 is 1.84 bits per heavy atom. The van der Waals surface area contributed by atoms with Gasteiger partial charge in [0.1, 0.15) is 11.9 Å². The van der Waals surface area contributed by atoms with E-state index in [0.29, 0.717) is 36.9 Å². The molecule has 164 valence electrons. The number of hydrogen-bond donors (Lipinski definition) is 0. The second kappa shape index (κ2) is 9.23. The van der Waals surface area contributed by atoms with Gasteiger partial charge in [0.05, 0.1) is 28.0 Å². The van der Waals surface area contributed by atoms with E-state index in [0.717, 1.165) is 10.2 Å². The first-order valence-electron chi connectivity index (χ1n) is 10.1. The van der Waals surface area contributed by atoms with Crippen LogP contribution in [0.15, 0.2) is 53.4 Å². The number of carbonyl (C=O) groups is 1. The fourth-order valence-corrected chi connectivity index (χ4v) is 5.66. The molecule has 0 spiro atoms. The molecule has 2 aromatic carbocycles. The summed E-state index contributed by atoms with van der Waals surface area (Å²) in [6.07, 6.45) is 1.38. The van der Waals surface area contributed by atoms with Gasteiger partial charge in [-0.15, -0.1) is 0 Å². The first-order chi connectivity index (χ1) is 14.9. The molecule has 1 fully saturated rings. The van der Waals surface area contributed by atoms with Crippen molar-refractivity contribution in [3.8, 4) is 10.9 Å². The number of sulfone groups is 1. The molecule has 0 aliphatic carbocycles. The normalized spacial score (nSPS) is 15.2. The molecule has 0 atom stereocenters. The minimum atomic E-state index is -3.52. The van der Waals surface area contributed by atoms with E-state index >= 15 is 0 Å². The van der Waals surface area contributed by atoms with Crippen molar-refractivity contribution in [3.63, 3.8) is 0 Å². The summed E-state index contributed by atoms with van der Waals surface area (Å²) < 4.78 is 37.2. The number of likely N-dealkylation sites (tertiary alicyclic amines) is 1. The molecule has 0 unspecified atom stereocenters. The Morgan fingerprint density at radius 3 is 2.52 bits per heavy atom. The summed E-state index contributed by atoms with van der Waals surface area (Å²) in [6, 6.07) is 14.1. The zero-order chi connectivity index (χ0) is 21.8. The van der Waals surface area contributed by atoms with Crippen LogP contribution in [-0.2, 0) is 14.6 Å². The quantitative estimate of drug-likeness (QED) is 0.536. The van der Waals surface area contributed by atoms with Gasteiger partial charge in [-0.2, -0.15) is 0 Å². The fraction of sp³-hybridized carbons (Fsp3) is 0.364. The molecule has 0 radical (unpaired) electrons. The second-order valence-corrected chi connectivity index (χ2v) is 10.5. The van der Waals surface area contributed by atoms with Gasteiger partial charge in [0.2, 0.25) is 5.91 Å². The highest BCUT2D eigenvalue weighted by atomic mass is 32.2. The van der Waals surface area contributed by atoms with Crippen LogP contribution in [0.3, 0.4) is 0 Å². The number of benzene rings is 2. The van der Waals surface area contributed by atoms with E-state index in [2.05, 4.69) is 4.98 Å². The van der Waals surface area contributed by atoms with Crippen LogP contribution < -0.4 is 9.47 Å². The topological polar surface area (TPSA) is 85.8 Å². The lowest BCUT2D eigenvalue weighted by atomic mass is 10.1. The van der Waals surface area contributed by atoms with E-state index in [-0.39, 0.29) is 29.1 Å². The van der Waals surface area contributed by atoms with Crippen molar-refractivity contribution in [3.05, 3.63) is 48.5 Å². The van der Waals surface area contributed by atoms with Gasteiger partial charge in [-0.1, -0.05) is 23.5 Å². The predicted octanol–water partition coefficient (Wildman–Crippen LogP) is 3.54. The zero-order valence-electron chi connectivity index (χ0n) is 17.2. The molecule has 1 amide bonds. The molecule has 0 N–H and O–H groups in total. The monoisotopic (exact) mass is 460 g/mol. The van der Waals surface area contributed by atoms with Crippen molar-refractivity contribution in [2.24, 2.45) is 0 Å². The van der Waals surface area contributed by atoms with Crippen molar-refractivity contribution >= 4 is 37.3 Å². The average molecular weight is 461 g/mol. The molecule has 2 heterocycles. The molecule has 4 rings (SSSR count). The number of carbonyl (C=O) groups excluding carboxylic acids is 1. The summed E-state index contributed by atoms with van der Waals surface area (Å²) in [7, 11) is -1.99. The van der Waals surface area contributed by atoms with E-state index in [9.17, 15) is 13.2 Å². The van der Waals surface area contributed by atoms with Crippen LogP contribution in [0.25, 0.3) is 10.2 Å². The fourth-order valence-electron chi connectivity index (χ4n) is 3.55. The van der Waals surface area contributed by atoms with Crippen molar-refractivity contribution in [2.75, 3.05) is 26.0 Å². The average Bonchev–Trinajstić information content (AvgIpc) is 3.20. The van der Waals surface area contributed by atoms with Gasteiger partial charge >= 0.3 is 0 Å². The number of amides is 1. The molecule has 1 aliphatic heterocycles. The molecule has 1 aromatic heterocycles. The lowest BCUT2D eigenvalue weighted by molar-refractivity contribution is -0.132. The van der Waals surface area contributed by atoms with Gasteiger partial charge in [-0.25, -0.2) is 13.4 Å². The number of aromatic nitrogens is 1. The summed E-state index contributed by atoms with van der Waals surface area (Å²) in [5.74, 6) is 0.238. The van der Waals surface area contributed by atoms with E-state index in [1.807, 2.05) is 24.3 Å². The van der Waals surface area contributed by atoms with Gasteiger partial charge in [0, 0.05) is 32.4 Å². The first kappa shape index (κ1) is 21.6. The van der Waals surface area contributed by atoms with Crippen LogP contribution in [0, 0.1) is 0 Å². The third-order valence-corrected chi connectivity index (χ3v) is 8.00. The van der Waals surface area contributed by atoms with Gasteiger partial charge in [0.25, 0.3) is 5.19 Å². The molecular weight excluding hydrogens is 436 g/mol. The van der Waals surface area contributed by atoms with Gasteiger partial charge < -0.3 is 14.4 Å². The third-order valence-electron chi connectivity index (χ3n) is 5.34. The van der Waals surface area contributed by atoms with Gasteiger partial charge in [-0.05, 0) is 36.4 Å². The van der Waals surface area contributed by atoms with Crippen molar-refractivity contribution < 1.29 is 22.7 Å². The minimum absolute atomic E-state index is 0.00708. The largest absolute Gasteiger partial charge is 0.497 e. The standard InChI is InChI=1S/C22H24N2O5S2/c1-28-16-6-8-18(9-7-16)31(26,27)15-12-21(25)24-13-10-17(11-14-24)29-22-23-19-4-2-3-5-20(19)30-22/h2-9,17H,10-15H2,1H3. The number of rotatable bonds is 7. The SMILES string of the molecule is COc1ccc(S(=O)(=O)CCC(=O)N2CCC(Oc3nc4ccccc4s3)CC2)cc1. The number of fused-ring (bicyclic) bond motifs is 1. The van der Waals surface area contributed by atoms with Gasteiger partial charge in [0.15, 0.2) is 9.84 Å². The van der Waals surface area contributed by atoms with Crippen molar-refractivity contribution in [2.45, 2.75) is 30.3 Å². The molecule has 1 saturated heterocycles. The Hall–Kier alpha value is -2.65. The molecule has 0 bridgehead atoms. The first-order valence-corrected chi connectivity index (χ1v) is 12.6. The maximum atomic E-state index is 12.5. The Labute approximate surface area is 185 Å². The number of piperidine rings is 1. The highest BCUT2D eigenvalue weighted by Gasteiger charge is 2.26. The third kappa shape index (κ3) is 5.16. The second-order valence-electron chi connectivity index (χ2n) is 7.39. The lowest BCUT2D eigenvalue weighted by Crippen LogP contribution is -2.42. The molecule has 3 aromatic rings. The number of nitrogens with zero attached hydrogens (tertiary/aromatic N) is 2. The summed E-state index contributed by atoms with van der Waals surface area (Å²) in [5, 5.41) is 0.650. The van der Waals surface area contributed by atoms with E-state index < -0.39 is 9.84 Å². The summed E-state index contributed by atoms with van der Waals surface area (Å²) in [6.45, 7) is 1.11. The summed E-state index contributed by atoms with van der Waals surface area (Å²) in [5.41, 5.74) is 0.924. The minimum Gasteiger partial charge on any atom is -0.497 e. The molecule has 1 aliphatic rings. The number of hydrogen-bond acceptors (Lipinski definition) is 7. The van der Waals surface area contributed by atoms with Crippen LogP contribution >= 0.6 is 11.3 Å². The van der Waals surface area contributed by atoms with Crippen molar-refractivity contribution in [1.82, 2.24) is 9.88 Å². The molecular formula is C22H24N2O5S2. The van der Waals surface area contributed by atoms with Gasteiger partial charge in [-0.3, -0.25) is 4.79 Å². The number of methoxy groups -OCH3 is 1. The Morgan fingerprint density at radius 1 is 1.13 bits per heavy atom. The molecule has 0 saturated carbocycles. The van der Waals surface area contributed by atoms with Crippen LogP contribution in [0.5, 0.6) is 10.9 Å². The molecule has 9 heteroatoms. The number of para-hydroxylation sites is 1. The smallest absolute Gasteiger partial charge is 0.274 e. The lowest BCUT2D eigenvalue weighted by Gasteiger charge is -2.31. The summed E-state index contributed by atoms with van der Waals surface area (Å²) in [4.78, 5) is 19.0. The van der Waals surface area contributed by atoms with E-state index in [1.165, 1.54) is 30.6 Å². The highest BCUT2D eigenvalue weighted by Crippen LogP contribution is 2.29. The van der Waals surface area contributed by atoms with Crippen LogP contribution in [0.2, 0.25) is 0 Å². The number of thiazole rings is 1. The van der Waals surface area contributed by atoms with Crippen LogP contribution in [-0.4, -0.2) is 56.3 Å². The zero-order valence-corrected chi connectivity index (χ0v) is 18.8. The maximum Gasteiger partial charge on any atom is 0.274 e. The van der Waals surface area contributed by atoms with E-state index in [4.69, 9.17) is 9.47 Å². The molecule has 31 heavy (non-hydrogen) atoms. The Bertz CT molecular complexity index is 1120. The van der Waals surface area contributed by atoms with Crippen molar-refractivity contribution in [1.29, 1.82) is 0 Å². The van der Waals surface area contributed by atoms with Crippen LogP contribution in [0.4, 0.5) is 0 Å². The predicted molar refractivity (Wildman–Crippen MR) is 120 cm³/mol. The maximum absolute atomic E-state index is 12.5. The highest BCUT2D eigenvalue weighted by molar-refractivity contribution is 7.91. The van der Waals surface area contributed by atoms with Crippen LogP contribution in [0.1, 0.15) is 19.3 Å². The Kier molecular flexibility index (Phi) is 6.43. The summed E-state index contributed by atoms with van der Waals surface area (Å²) >= 11 is 1.52. The Balaban J connectivity index is 1.26. The number of ether oxygens (including phenoxy) is 2. The van der Waals surface area contributed by atoms with E-state index in [1.54, 1.807) is 17.0 Å².